The number of rotatable bonds is 4. The minimum atomic E-state index is 0.403. The van der Waals surface area contributed by atoms with Crippen molar-refractivity contribution in [3.63, 3.8) is 0 Å². The number of thiocarbonyl (C=S) groups is 1. The number of piperidine rings is 1. The summed E-state index contributed by atoms with van der Waals surface area (Å²) in [6.45, 7) is 4.93. The van der Waals surface area contributed by atoms with Gasteiger partial charge in [0.05, 0.1) is 11.0 Å². The van der Waals surface area contributed by atoms with Gasteiger partial charge in [-0.25, -0.2) is 4.98 Å². The van der Waals surface area contributed by atoms with Crippen molar-refractivity contribution in [1.82, 2.24) is 20.2 Å². The summed E-state index contributed by atoms with van der Waals surface area (Å²) in [4.78, 5) is 10.7. The average Bonchev–Trinajstić information content (AvgIpc) is 3.12. The number of likely N-dealkylation sites (tertiary alicyclic amines) is 1. The van der Waals surface area contributed by atoms with Gasteiger partial charge in [-0.2, -0.15) is 0 Å². The van der Waals surface area contributed by atoms with Gasteiger partial charge < -0.3 is 15.2 Å². The van der Waals surface area contributed by atoms with Gasteiger partial charge in [-0.05, 0) is 61.7 Å². The van der Waals surface area contributed by atoms with Crippen LogP contribution in [0.4, 0.5) is 0 Å². The Morgan fingerprint density at radius 1 is 1.26 bits per heavy atom. The first-order valence-corrected chi connectivity index (χ1v) is 10.1. The molecule has 2 heterocycles. The van der Waals surface area contributed by atoms with Gasteiger partial charge in [0.25, 0.3) is 0 Å². The number of aryl methyl sites for hydroxylation is 1. The molecule has 0 aliphatic carbocycles. The lowest BCUT2D eigenvalue weighted by atomic mass is 9.98. The molecule has 4 rings (SSSR count). The zero-order valence-corrected chi connectivity index (χ0v) is 16.6. The van der Waals surface area contributed by atoms with E-state index in [9.17, 15) is 0 Å². The lowest BCUT2D eigenvalue weighted by molar-refractivity contribution is 0.300. The van der Waals surface area contributed by atoms with Gasteiger partial charge in [-0.3, -0.25) is 0 Å². The van der Waals surface area contributed by atoms with E-state index in [1.807, 2.05) is 0 Å². The number of H-pyrrole nitrogens is 1. The third-order valence-corrected chi connectivity index (χ3v) is 5.69. The summed E-state index contributed by atoms with van der Waals surface area (Å²) in [5, 5.41) is 4.30. The van der Waals surface area contributed by atoms with E-state index in [4.69, 9.17) is 17.2 Å². The highest BCUT2D eigenvalue weighted by Crippen LogP contribution is 2.27. The number of aromatic nitrogens is 2. The first kappa shape index (κ1) is 18.0. The van der Waals surface area contributed by atoms with Crippen LogP contribution < -0.4 is 5.32 Å². The summed E-state index contributed by atoms with van der Waals surface area (Å²) in [6.07, 6.45) is 3.28. The van der Waals surface area contributed by atoms with Crippen molar-refractivity contribution in [1.29, 1.82) is 0 Å². The predicted molar refractivity (Wildman–Crippen MR) is 115 cm³/mol. The van der Waals surface area contributed by atoms with Crippen LogP contribution in [0.15, 0.2) is 48.5 Å². The van der Waals surface area contributed by atoms with Gasteiger partial charge >= 0.3 is 0 Å². The van der Waals surface area contributed by atoms with Crippen LogP contribution in [0.5, 0.6) is 0 Å². The normalized spacial score (nSPS) is 17.2. The molecule has 1 aliphatic rings. The fourth-order valence-corrected chi connectivity index (χ4v) is 4.06. The number of hydrogen-bond acceptors (Lipinski definition) is 2. The molecule has 2 aromatic carbocycles. The molecular weight excluding hydrogens is 352 g/mol. The molecule has 4 nitrogen and oxygen atoms in total. The summed E-state index contributed by atoms with van der Waals surface area (Å²) < 4.78 is 0. The number of nitrogens with one attached hydrogen (secondary N) is 2. The molecule has 27 heavy (non-hydrogen) atoms. The quantitative estimate of drug-likeness (QED) is 0.669. The second-order valence-electron chi connectivity index (χ2n) is 7.40. The fraction of sp³-hybridized carbons (Fsp3) is 0.364. The maximum atomic E-state index is 5.66. The van der Waals surface area contributed by atoms with Gasteiger partial charge in [0.1, 0.15) is 5.82 Å². The molecule has 0 bridgehead atoms. The van der Waals surface area contributed by atoms with Crippen LogP contribution in [0.2, 0.25) is 0 Å². The molecule has 140 valence electrons. The zero-order chi connectivity index (χ0) is 18.6. The molecule has 1 aromatic heterocycles. The van der Waals surface area contributed by atoms with Crippen molar-refractivity contribution in [2.75, 3.05) is 19.6 Å². The van der Waals surface area contributed by atoms with Crippen molar-refractivity contribution in [2.24, 2.45) is 0 Å². The lowest BCUT2D eigenvalue weighted by Gasteiger charge is -2.33. The van der Waals surface area contributed by atoms with E-state index in [0.717, 1.165) is 60.9 Å². The van der Waals surface area contributed by atoms with Crippen LogP contribution in [-0.2, 0) is 6.42 Å². The van der Waals surface area contributed by atoms with Crippen LogP contribution in [0, 0.1) is 6.92 Å². The highest BCUT2D eigenvalue weighted by atomic mass is 32.1. The SMILES string of the molecule is Cc1ccc2nc(C3CCCN(C(=S)NCCc4ccccc4)C3)[nH]c2c1. The number of aromatic amines is 1. The first-order valence-electron chi connectivity index (χ1n) is 9.72. The number of nitrogens with zero attached hydrogens (tertiary/aromatic N) is 2. The highest BCUT2D eigenvalue weighted by molar-refractivity contribution is 7.80. The molecule has 0 amide bonds. The predicted octanol–water partition coefficient (Wildman–Crippen LogP) is 4.17. The Labute approximate surface area is 166 Å². The molecule has 2 N–H and O–H groups in total. The zero-order valence-electron chi connectivity index (χ0n) is 15.7. The molecule has 1 fully saturated rings. The molecule has 3 aromatic rings. The molecule has 0 saturated carbocycles. The van der Waals surface area contributed by atoms with Crippen molar-refractivity contribution in [3.8, 4) is 0 Å². The highest BCUT2D eigenvalue weighted by Gasteiger charge is 2.25. The number of imidazole rings is 1. The lowest BCUT2D eigenvalue weighted by Crippen LogP contribution is -2.45. The van der Waals surface area contributed by atoms with Gasteiger partial charge in [0.15, 0.2) is 5.11 Å². The number of benzene rings is 2. The van der Waals surface area contributed by atoms with Crippen LogP contribution >= 0.6 is 12.2 Å². The second kappa shape index (κ2) is 8.09. The van der Waals surface area contributed by atoms with Gasteiger partial charge in [0.2, 0.25) is 0 Å². The van der Waals surface area contributed by atoms with E-state index < -0.39 is 0 Å². The summed E-state index contributed by atoms with van der Waals surface area (Å²) >= 11 is 5.66. The van der Waals surface area contributed by atoms with Gasteiger partial charge in [-0.15, -0.1) is 0 Å². The maximum Gasteiger partial charge on any atom is 0.168 e. The van der Waals surface area contributed by atoms with Crippen LogP contribution in [0.25, 0.3) is 11.0 Å². The molecule has 1 aliphatic heterocycles. The first-order chi connectivity index (χ1) is 13.2. The maximum absolute atomic E-state index is 5.66. The molecule has 1 atom stereocenters. The Bertz CT molecular complexity index is 918. The minimum absolute atomic E-state index is 0.403. The Morgan fingerprint density at radius 3 is 2.96 bits per heavy atom. The summed E-state index contributed by atoms with van der Waals surface area (Å²) in [5.74, 6) is 1.49. The summed E-state index contributed by atoms with van der Waals surface area (Å²) in [5.41, 5.74) is 4.77. The molecule has 0 radical (unpaired) electrons. The van der Waals surface area contributed by atoms with E-state index >= 15 is 0 Å². The van der Waals surface area contributed by atoms with Crippen molar-refractivity contribution in [2.45, 2.75) is 32.1 Å². The Hall–Kier alpha value is -2.40. The monoisotopic (exact) mass is 378 g/mol. The molecular formula is C22H26N4S. The van der Waals surface area contributed by atoms with Gasteiger partial charge in [0, 0.05) is 25.6 Å². The van der Waals surface area contributed by atoms with Crippen LogP contribution in [-0.4, -0.2) is 39.6 Å². The van der Waals surface area contributed by atoms with E-state index in [2.05, 4.69) is 70.7 Å². The Kier molecular flexibility index (Phi) is 5.39. The summed E-state index contributed by atoms with van der Waals surface area (Å²) in [7, 11) is 0. The molecule has 0 spiro atoms. The van der Waals surface area contributed by atoms with Crippen molar-refractivity contribution >= 4 is 28.4 Å². The summed E-state index contributed by atoms with van der Waals surface area (Å²) in [6, 6.07) is 16.9. The van der Waals surface area contributed by atoms with Crippen molar-refractivity contribution < 1.29 is 0 Å². The third-order valence-electron chi connectivity index (χ3n) is 5.28. The minimum Gasteiger partial charge on any atom is -0.362 e. The van der Waals surface area contributed by atoms with E-state index in [1.54, 1.807) is 0 Å². The standard InChI is InChI=1S/C22H26N4S/c1-16-9-10-19-20(14-16)25-21(24-19)18-8-5-13-26(15-18)22(27)23-12-11-17-6-3-2-4-7-17/h2-4,6-7,9-10,14,18H,5,8,11-13,15H2,1H3,(H,23,27)(H,24,25). The van der Waals surface area contributed by atoms with E-state index in [-0.39, 0.29) is 0 Å². The van der Waals surface area contributed by atoms with Gasteiger partial charge in [-0.1, -0.05) is 36.4 Å². The molecule has 1 saturated heterocycles. The van der Waals surface area contributed by atoms with Crippen molar-refractivity contribution in [3.05, 3.63) is 65.5 Å². The molecule has 5 heteroatoms. The molecule has 1 unspecified atom stereocenters. The van der Waals surface area contributed by atoms with E-state index in [1.165, 1.54) is 11.1 Å². The fourth-order valence-electron chi connectivity index (χ4n) is 3.79. The van der Waals surface area contributed by atoms with Crippen LogP contribution in [0.3, 0.4) is 0 Å². The van der Waals surface area contributed by atoms with E-state index in [0.29, 0.717) is 5.92 Å². The second-order valence-corrected chi connectivity index (χ2v) is 7.78. The number of fused-ring (bicyclic) bond motifs is 1. The topological polar surface area (TPSA) is 44.0 Å². The largest absolute Gasteiger partial charge is 0.362 e. The Balaban J connectivity index is 1.36. The smallest absolute Gasteiger partial charge is 0.168 e. The van der Waals surface area contributed by atoms with Crippen LogP contribution in [0.1, 0.15) is 35.7 Å². The Morgan fingerprint density at radius 2 is 2.11 bits per heavy atom. The average molecular weight is 379 g/mol. The third kappa shape index (κ3) is 4.30. The number of hydrogen-bond donors (Lipinski definition) is 2.